The van der Waals surface area contributed by atoms with Crippen molar-refractivity contribution in [2.75, 3.05) is 13.2 Å². The van der Waals surface area contributed by atoms with E-state index in [2.05, 4.69) is 36.1 Å². The maximum atomic E-state index is 10.3. The van der Waals surface area contributed by atoms with Crippen molar-refractivity contribution in [1.29, 1.82) is 0 Å². The zero-order valence-electron chi connectivity index (χ0n) is 14.1. The van der Waals surface area contributed by atoms with Crippen molar-refractivity contribution in [2.24, 2.45) is 17.3 Å². The number of hydrogen-bond acceptors (Lipinski definition) is 5. The monoisotopic (exact) mass is 307 g/mol. The normalized spacial score (nSPS) is 29.0. The van der Waals surface area contributed by atoms with Crippen LogP contribution in [-0.2, 0) is 6.42 Å². The fourth-order valence-corrected chi connectivity index (χ4v) is 3.28. The summed E-state index contributed by atoms with van der Waals surface area (Å²) in [5.41, 5.74) is 1.17. The summed E-state index contributed by atoms with van der Waals surface area (Å²) >= 11 is 0. The minimum absolute atomic E-state index is 0.0175. The van der Waals surface area contributed by atoms with Gasteiger partial charge in [0.1, 0.15) is 5.82 Å². The van der Waals surface area contributed by atoms with Gasteiger partial charge in [0.05, 0.1) is 6.10 Å². The first-order valence-electron chi connectivity index (χ1n) is 8.11. The number of aliphatic hydroxyl groups excluding tert-OH is 2. The predicted molar refractivity (Wildman–Crippen MR) is 86.4 cm³/mol. The van der Waals surface area contributed by atoms with Gasteiger partial charge in [-0.05, 0) is 37.2 Å². The Labute approximate surface area is 133 Å². The highest BCUT2D eigenvalue weighted by atomic mass is 16.3. The number of rotatable bonds is 5. The van der Waals surface area contributed by atoms with Crippen LogP contribution in [0.15, 0.2) is 12.3 Å². The van der Waals surface area contributed by atoms with Crippen LogP contribution >= 0.6 is 0 Å². The number of nitrogens with zero attached hydrogens (tertiary/aromatic N) is 2. The van der Waals surface area contributed by atoms with Gasteiger partial charge < -0.3 is 15.5 Å². The van der Waals surface area contributed by atoms with Crippen LogP contribution in [-0.4, -0.2) is 45.5 Å². The molecule has 3 N–H and O–H groups in total. The van der Waals surface area contributed by atoms with Crippen LogP contribution < -0.4 is 5.32 Å². The van der Waals surface area contributed by atoms with E-state index in [0.29, 0.717) is 6.42 Å². The molecule has 4 atom stereocenters. The Morgan fingerprint density at radius 3 is 2.64 bits per heavy atom. The highest BCUT2D eigenvalue weighted by Gasteiger charge is 2.42. The quantitative estimate of drug-likeness (QED) is 0.765. The molecule has 0 radical (unpaired) electrons. The van der Waals surface area contributed by atoms with Crippen molar-refractivity contribution in [2.45, 2.75) is 52.7 Å². The van der Waals surface area contributed by atoms with E-state index in [0.717, 1.165) is 24.5 Å². The zero-order chi connectivity index (χ0) is 16.3. The fourth-order valence-electron chi connectivity index (χ4n) is 3.28. The van der Waals surface area contributed by atoms with Crippen LogP contribution in [0.1, 0.15) is 38.7 Å². The van der Waals surface area contributed by atoms with E-state index in [1.165, 1.54) is 0 Å². The molecular weight excluding hydrogens is 278 g/mol. The van der Waals surface area contributed by atoms with Crippen molar-refractivity contribution < 1.29 is 10.2 Å². The van der Waals surface area contributed by atoms with Gasteiger partial charge in [-0.2, -0.15) is 0 Å². The lowest BCUT2D eigenvalue weighted by Crippen LogP contribution is -2.40. The van der Waals surface area contributed by atoms with Gasteiger partial charge in [-0.15, -0.1) is 0 Å². The smallest absolute Gasteiger partial charge is 0.125 e. The Morgan fingerprint density at radius 2 is 2.05 bits per heavy atom. The number of aromatic nitrogens is 2. The molecule has 1 heterocycles. The van der Waals surface area contributed by atoms with Gasteiger partial charge >= 0.3 is 0 Å². The Hall–Kier alpha value is -1.04. The highest BCUT2D eigenvalue weighted by molar-refractivity contribution is 5.07. The maximum Gasteiger partial charge on any atom is 0.125 e. The average Bonchev–Trinajstić information content (AvgIpc) is 2.71. The number of aryl methyl sites for hydroxylation is 1. The van der Waals surface area contributed by atoms with Crippen LogP contribution in [0.2, 0.25) is 0 Å². The van der Waals surface area contributed by atoms with E-state index in [4.69, 9.17) is 0 Å². The molecule has 0 amide bonds. The lowest BCUT2D eigenvalue weighted by Gasteiger charge is -2.28. The minimum Gasteiger partial charge on any atom is -0.396 e. The van der Waals surface area contributed by atoms with E-state index in [9.17, 15) is 10.2 Å². The Bertz CT molecular complexity index is 487. The first-order valence-corrected chi connectivity index (χ1v) is 8.11. The summed E-state index contributed by atoms with van der Waals surface area (Å²) in [7, 11) is 0. The minimum atomic E-state index is -0.449. The number of nitrogens with one attached hydrogen (secondary N) is 1. The molecule has 0 unspecified atom stereocenters. The number of hydrogen-bond donors (Lipinski definition) is 3. The van der Waals surface area contributed by atoms with E-state index in [-0.39, 0.29) is 29.9 Å². The summed E-state index contributed by atoms with van der Waals surface area (Å²) in [4.78, 5) is 8.60. The molecule has 0 saturated heterocycles. The second-order valence-electron chi connectivity index (χ2n) is 7.66. The fraction of sp³-hybridized carbons (Fsp3) is 0.765. The molecule has 0 spiro atoms. The molecule has 22 heavy (non-hydrogen) atoms. The SMILES string of the molecule is Cc1nccc(C[C@@H]2[C@@H](CO)[C@H](O)C[C@H]2NCC(C)(C)C)n1. The molecule has 1 aromatic heterocycles. The summed E-state index contributed by atoms with van der Waals surface area (Å²) in [5.74, 6) is 0.861. The van der Waals surface area contributed by atoms with Gasteiger partial charge in [0, 0.05) is 37.0 Å². The third-order valence-electron chi connectivity index (χ3n) is 4.44. The average molecular weight is 307 g/mol. The molecule has 0 aromatic carbocycles. The molecule has 0 aliphatic heterocycles. The van der Waals surface area contributed by atoms with E-state index in [1.807, 2.05) is 13.0 Å². The third-order valence-corrected chi connectivity index (χ3v) is 4.44. The largest absolute Gasteiger partial charge is 0.396 e. The van der Waals surface area contributed by atoms with Crippen LogP contribution in [0.5, 0.6) is 0 Å². The van der Waals surface area contributed by atoms with Gasteiger partial charge in [-0.3, -0.25) is 0 Å². The summed E-state index contributed by atoms with van der Waals surface area (Å²) < 4.78 is 0. The van der Waals surface area contributed by atoms with Crippen molar-refractivity contribution in [1.82, 2.24) is 15.3 Å². The summed E-state index contributed by atoms with van der Waals surface area (Å²) in [5, 5.41) is 23.5. The Morgan fingerprint density at radius 1 is 1.32 bits per heavy atom. The summed E-state index contributed by atoms with van der Waals surface area (Å²) in [6.07, 6.45) is 2.77. The van der Waals surface area contributed by atoms with Crippen molar-refractivity contribution in [3.63, 3.8) is 0 Å². The molecule has 1 aliphatic rings. The molecular formula is C17H29N3O2. The van der Waals surface area contributed by atoms with Crippen LogP contribution in [0, 0.1) is 24.2 Å². The molecule has 5 nitrogen and oxygen atoms in total. The molecule has 1 saturated carbocycles. The summed E-state index contributed by atoms with van der Waals surface area (Å²) in [6, 6.07) is 2.13. The van der Waals surface area contributed by atoms with E-state index < -0.39 is 6.10 Å². The lowest BCUT2D eigenvalue weighted by atomic mass is 9.88. The van der Waals surface area contributed by atoms with Crippen LogP contribution in [0.4, 0.5) is 0 Å². The van der Waals surface area contributed by atoms with Gasteiger partial charge in [0.15, 0.2) is 0 Å². The first-order chi connectivity index (χ1) is 10.3. The van der Waals surface area contributed by atoms with Crippen LogP contribution in [0.25, 0.3) is 0 Å². The van der Waals surface area contributed by atoms with Gasteiger partial charge in [-0.1, -0.05) is 20.8 Å². The second-order valence-corrected chi connectivity index (χ2v) is 7.66. The van der Waals surface area contributed by atoms with Gasteiger partial charge in [-0.25, -0.2) is 9.97 Å². The van der Waals surface area contributed by atoms with Gasteiger partial charge in [0.2, 0.25) is 0 Å². The molecule has 124 valence electrons. The maximum absolute atomic E-state index is 10.3. The summed E-state index contributed by atoms with van der Waals surface area (Å²) in [6.45, 7) is 9.37. The van der Waals surface area contributed by atoms with Crippen LogP contribution in [0.3, 0.4) is 0 Å². The topological polar surface area (TPSA) is 78.3 Å². The molecule has 1 aromatic rings. The third kappa shape index (κ3) is 4.48. The number of aliphatic hydroxyl groups is 2. The highest BCUT2D eigenvalue weighted by Crippen LogP contribution is 2.35. The first kappa shape index (κ1) is 17.3. The Balaban J connectivity index is 2.11. The standard InChI is InChI=1S/C17H29N3O2/c1-11-18-6-5-12(20-11)7-13-14(9-21)16(22)8-15(13)19-10-17(2,3)4/h5-6,13-16,19,21-22H,7-10H2,1-4H3/t13-,14-,15-,16-/m1/s1. The molecule has 5 heteroatoms. The van der Waals surface area contributed by atoms with Crippen molar-refractivity contribution >= 4 is 0 Å². The Kier molecular flexibility index (Phi) is 5.53. The van der Waals surface area contributed by atoms with E-state index >= 15 is 0 Å². The molecule has 2 rings (SSSR count). The second kappa shape index (κ2) is 7.02. The van der Waals surface area contributed by atoms with Gasteiger partial charge in [0.25, 0.3) is 0 Å². The van der Waals surface area contributed by atoms with Crippen molar-refractivity contribution in [3.05, 3.63) is 23.8 Å². The van der Waals surface area contributed by atoms with Crippen molar-refractivity contribution in [3.8, 4) is 0 Å². The molecule has 1 aliphatic carbocycles. The zero-order valence-corrected chi connectivity index (χ0v) is 14.1. The predicted octanol–water partition coefficient (Wildman–Crippen LogP) is 1.32. The molecule has 1 fully saturated rings. The van der Waals surface area contributed by atoms with E-state index in [1.54, 1.807) is 6.20 Å². The molecule has 0 bridgehead atoms. The lowest BCUT2D eigenvalue weighted by molar-refractivity contribution is 0.0715.